The number of aromatic nitrogens is 2. The second-order valence-corrected chi connectivity index (χ2v) is 8.11. The van der Waals surface area contributed by atoms with E-state index in [1.165, 1.54) is 0 Å². The van der Waals surface area contributed by atoms with Gasteiger partial charge in [-0.05, 0) is 70.4 Å². The van der Waals surface area contributed by atoms with Gasteiger partial charge in [0.1, 0.15) is 24.3 Å². The van der Waals surface area contributed by atoms with E-state index in [0.29, 0.717) is 28.8 Å². The van der Waals surface area contributed by atoms with E-state index in [0.717, 1.165) is 32.2 Å². The van der Waals surface area contributed by atoms with Gasteiger partial charge < -0.3 is 9.72 Å². The van der Waals surface area contributed by atoms with Crippen LogP contribution < -0.4 is 4.74 Å². The van der Waals surface area contributed by atoms with Crippen molar-refractivity contribution in [3.05, 3.63) is 92.7 Å². The molecule has 0 unspecified atom stereocenters. The number of nitrogens with one attached hydrogen (secondary N) is 1. The zero-order valence-corrected chi connectivity index (χ0v) is 18.5. The normalized spacial score (nSPS) is 11.5. The minimum Gasteiger partial charge on any atom is -0.488 e. The van der Waals surface area contributed by atoms with Crippen molar-refractivity contribution in [2.24, 2.45) is 0 Å². The Morgan fingerprint density at radius 3 is 2.80 bits per heavy atom. The van der Waals surface area contributed by atoms with Crippen LogP contribution in [0.15, 0.2) is 65.1 Å². The fourth-order valence-electron chi connectivity index (χ4n) is 3.07. The molecule has 1 N–H and O–H groups in total. The van der Waals surface area contributed by atoms with Crippen molar-refractivity contribution in [1.82, 2.24) is 9.97 Å². The number of ether oxygens (including phenoxy) is 1. The van der Waals surface area contributed by atoms with E-state index in [2.05, 4.69) is 32.0 Å². The maximum Gasteiger partial charge on any atom is 0.149 e. The molecule has 1 heterocycles. The molecule has 0 atom stereocenters. The molecule has 0 fully saturated rings. The highest BCUT2D eigenvalue weighted by Gasteiger charge is 2.10. The summed E-state index contributed by atoms with van der Waals surface area (Å²) in [4.78, 5) is 7.76. The van der Waals surface area contributed by atoms with Crippen LogP contribution in [-0.4, -0.2) is 9.97 Å². The summed E-state index contributed by atoms with van der Waals surface area (Å²) in [5.41, 5.74) is 5.12. The Morgan fingerprint density at radius 1 is 1.20 bits per heavy atom. The number of imidazole rings is 1. The van der Waals surface area contributed by atoms with Gasteiger partial charge in [0.25, 0.3) is 0 Å². The first-order chi connectivity index (χ1) is 14.5. The second-order valence-electron chi connectivity index (χ2n) is 6.85. The molecular weight excluding hydrogens is 462 g/mol. The number of H-pyrrole nitrogens is 1. The van der Waals surface area contributed by atoms with E-state index in [1.807, 2.05) is 67.6 Å². The van der Waals surface area contributed by atoms with Crippen LogP contribution in [0.1, 0.15) is 22.5 Å². The van der Waals surface area contributed by atoms with E-state index in [-0.39, 0.29) is 0 Å². The van der Waals surface area contributed by atoms with Gasteiger partial charge in [0.2, 0.25) is 0 Å². The van der Waals surface area contributed by atoms with Crippen molar-refractivity contribution in [2.75, 3.05) is 0 Å². The van der Waals surface area contributed by atoms with Gasteiger partial charge in [-0.25, -0.2) is 4.98 Å². The van der Waals surface area contributed by atoms with Crippen molar-refractivity contribution < 1.29 is 4.74 Å². The van der Waals surface area contributed by atoms with Crippen molar-refractivity contribution in [2.45, 2.75) is 13.5 Å². The lowest BCUT2D eigenvalue weighted by Gasteiger charge is -2.10. The topological polar surface area (TPSA) is 61.7 Å². The van der Waals surface area contributed by atoms with Crippen LogP contribution in [-0.2, 0) is 6.61 Å². The Morgan fingerprint density at radius 2 is 2.03 bits per heavy atom. The summed E-state index contributed by atoms with van der Waals surface area (Å²) in [6.07, 6.45) is 1.80. The van der Waals surface area contributed by atoms with Gasteiger partial charge >= 0.3 is 0 Å². The first-order valence-electron chi connectivity index (χ1n) is 9.28. The number of hydrogen-bond acceptors (Lipinski definition) is 3. The lowest BCUT2D eigenvalue weighted by molar-refractivity contribution is 0.304. The zero-order chi connectivity index (χ0) is 21.1. The number of halogens is 2. The number of nitriles is 1. The van der Waals surface area contributed by atoms with Crippen LogP contribution in [0.3, 0.4) is 0 Å². The molecule has 0 bridgehead atoms. The molecule has 0 radical (unpaired) electrons. The van der Waals surface area contributed by atoms with Gasteiger partial charge in [-0.3, -0.25) is 0 Å². The number of rotatable bonds is 5. The highest BCUT2D eigenvalue weighted by molar-refractivity contribution is 9.10. The smallest absolute Gasteiger partial charge is 0.149 e. The molecule has 6 heteroatoms. The summed E-state index contributed by atoms with van der Waals surface area (Å²) in [6.45, 7) is 2.39. The molecule has 4 aromatic rings. The van der Waals surface area contributed by atoms with E-state index in [1.54, 1.807) is 6.08 Å². The molecule has 30 heavy (non-hydrogen) atoms. The summed E-state index contributed by atoms with van der Waals surface area (Å²) in [6, 6.07) is 21.5. The monoisotopic (exact) mass is 477 g/mol. The fourth-order valence-corrected chi connectivity index (χ4v) is 3.77. The van der Waals surface area contributed by atoms with Gasteiger partial charge in [0, 0.05) is 10.6 Å². The molecule has 4 nitrogen and oxygen atoms in total. The van der Waals surface area contributed by atoms with Crippen LogP contribution in [0.25, 0.3) is 22.7 Å². The van der Waals surface area contributed by atoms with Gasteiger partial charge in [0.15, 0.2) is 0 Å². The number of aryl methyl sites for hydroxylation is 1. The average Bonchev–Trinajstić information content (AvgIpc) is 3.15. The van der Waals surface area contributed by atoms with Crippen LogP contribution in [0, 0.1) is 18.3 Å². The highest BCUT2D eigenvalue weighted by atomic mass is 79.9. The molecule has 0 aliphatic rings. The lowest BCUT2D eigenvalue weighted by Crippen LogP contribution is -1.97. The first-order valence-corrected chi connectivity index (χ1v) is 10.4. The number of hydrogen-bond donors (Lipinski definition) is 1. The zero-order valence-electron chi connectivity index (χ0n) is 16.1. The maximum absolute atomic E-state index is 9.65. The Kier molecular flexibility index (Phi) is 5.89. The molecule has 1 aromatic heterocycles. The van der Waals surface area contributed by atoms with E-state index in [9.17, 15) is 5.26 Å². The third kappa shape index (κ3) is 4.40. The van der Waals surface area contributed by atoms with Crippen LogP contribution in [0.2, 0.25) is 5.02 Å². The average molecular weight is 479 g/mol. The predicted octanol–water partition coefficient (Wildman–Crippen LogP) is 6.93. The third-order valence-electron chi connectivity index (χ3n) is 4.62. The summed E-state index contributed by atoms with van der Waals surface area (Å²) in [5.74, 6) is 1.25. The molecule has 0 spiro atoms. The Balaban J connectivity index is 1.57. The van der Waals surface area contributed by atoms with Crippen molar-refractivity contribution in [1.29, 1.82) is 5.26 Å². The third-order valence-corrected chi connectivity index (χ3v) is 5.61. The quantitative estimate of drug-likeness (QED) is 0.316. The maximum atomic E-state index is 9.65. The Labute approximate surface area is 187 Å². The molecule has 148 valence electrons. The summed E-state index contributed by atoms with van der Waals surface area (Å²) in [7, 11) is 0. The molecule has 3 aromatic carbocycles. The number of nitrogens with zero attached hydrogens (tertiary/aromatic N) is 2. The molecule has 0 saturated carbocycles. The van der Waals surface area contributed by atoms with Crippen LogP contribution in [0.5, 0.6) is 5.75 Å². The Hall–Kier alpha value is -3.07. The fraction of sp³-hybridized carbons (Fsp3) is 0.0833. The van der Waals surface area contributed by atoms with Crippen molar-refractivity contribution in [3.8, 4) is 11.8 Å². The van der Waals surface area contributed by atoms with Crippen LogP contribution >= 0.6 is 27.5 Å². The summed E-state index contributed by atoms with van der Waals surface area (Å²) >= 11 is 9.74. The molecule has 0 aliphatic heterocycles. The van der Waals surface area contributed by atoms with E-state index >= 15 is 0 Å². The van der Waals surface area contributed by atoms with Gasteiger partial charge in [0.05, 0.1) is 21.1 Å². The molecular formula is C24H17BrClN3O. The van der Waals surface area contributed by atoms with E-state index < -0.39 is 0 Å². The number of allylic oxidation sites excluding steroid dienone is 1. The minimum atomic E-state index is 0.370. The SMILES string of the molecule is Cc1ccc2nc(C(C#N)=Cc3ccc(OCc4ccccc4Cl)c(Br)c3)[nH]c2c1. The van der Waals surface area contributed by atoms with Gasteiger partial charge in [-0.1, -0.05) is 41.9 Å². The summed E-state index contributed by atoms with van der Waals surface area (Å²) in [5, 5.41) is 10.3. The van der Waals surface area contributed by atoms with Crippen LogP contribution in [0.4, 0.5) is 0 Å². The molecule has 4 rings (SSSR count). The lowest BCUT2D eigenvalue weighted by atomic mass is 10.1. The summed E-state index contributed by atoms with van der Waals surface area (Å²) < 4.78 is 6.68. The molecule has 0 saturated heterocycles. The molecule has 0 amide bonds. The first kappa shape index (κ1) is 20.2. The second kappa shape index (κ2) is 8.74. The number of benzene rings is 3. The van der Waals surface area contributed by atoms with Crippen molar-refractivity contribution in [3.63, 3.8) is 0 Å². The van der Waals surface area contributed by atoms with Gasteiger partial charge in [-0.2, -0.15) is 5.26 Å². The largest absolute Gasteiger partial charge is 0.488 e. The highest BCUT2D eigenvalue weighted by Crippen LogP contribution is 2.29. The minimum absolute atomic E-state index is 0.370. The predicted molar refractivity (Wildman–Crippen MR) is 124 cm³/mol. The van der Waals surface area contributed by atoms with E-state index in [4.69, 9.17) is 16.3 Å². The number of fused-ring (bicyclic) bond motifs is 1. The van der Waals surface area contributed by atoms with Gasteiger partial charge in [-0.15, -0.1) is 0 Å². The standard InChI is InChI=1S/C24H17BrClN3O/c1-15-6-8-21-22(10-15)29-24(28-21)18(13-27)11-16-7-9-23(19(25)12-16)30-14-17-4-2-3-5-20(17)26/h2-12H,14H2,1H3,(H,28,29). The number of aromatic amines is 1. The molecule has 0 aliphatic carbocycles. The van der Waals surface area contributed by atoms with Crippen molar-refractivity contribution >= 4 is 50.2 Å². The Bertz CT molecular complexity index is 1300.